The summed E-state index contributed by atoms with van der Waals surface area (Å²) in [5.41, 5.74) is 2.60. The van der Waals surface area contributed by atoms with Crippen molar-refractivity contribution in [1.29, 1.82) is 5.26 Å². The van der Waals surface area contributed by atoms with Gasteiger partial charge in [-0.2, -0.15) is 9.57 Å². The Balaban J connectivity index is 1.60. The van der Waals surface area contributed by atoms with Gasteiger partial charge >= 0.3 is 0 Å². The van der Waals surface area contributed by atoms with Crippen LogP contribution in [-0.2, 0) is 10.0 Å². The molecule has 43 heavy (non-hydrogen) atoms. The Morgan fingerprint density at radius 3 is 2.44 bits per heavy atom. The predicted octanol–water partition coefficient (Wildman–Crippen LogP) is 5.23. The van der Waals surface area contributed by atoms with Crippen molar-refractivity contribution in [2.24, 2.45) is 0 Å². The van der Waals surface area contributed by atoms with Crippen LogP contribution in [0.25, 0.3) is 22.2 Å². The normalized spacial score (nSPS) is 14.4. The topological polar surface area (TPSA) is 114 Å². The summed E-state index contributed by atoms with van der Waals surface area (Å²) in [6.07, 6.45) is 0. The van der Waals surface area contributed by atoms with E-state index in [0.29, 0.717) is 47.2 Å². The number of pyridine rings is 1. The van der Waals surface area contributed by atoms with E-state index in [9.17, 15) is 18.1 Å². The molecule has 0 aliphatic carbocycles. The molecule has 2 aromatic heterocycles. The quantitative estimate of drug-likeness (QED) is 0.269. The van der Waals surface area contributed by atoms with Gasteiger partial charge in [-0.3, -0.25) is 0 Å². The van der Waals surface area contributed by atoms with Crippen LogP contribution in [0.1, 0.15) is 37.3 Å². The molecule has 4 aromatic rings. The van der Waals surface area contributed by atoms with E-state index in [2.05, 4.69) is 11.1 Å². The number of nitriles is 1. The van der Waals surface area contributed by atoms with Gasteiger partial charge < -0.3 is 14.9 Å². The minimum atomic E-state index is -3.56. The van der Waals surface area contributed by atoms with Crippen LogP contribution in [0.15, 0.2) is 42.5 Å². The third-order valence-corrected chi connectivity index (χ3v) is 10.3. The lowest BCUT2D eigenvalue weighted by Crippen LogP contribution is -2.49. The predicted molar refractivity (Wildman–Crippen MR) is 165 cm³/mol. The van der Waals surface area contributed by atoms with E-state index in [0.717, 1.165) is 11.3 Å². The molecule has 1 fully saturated rings. The molecule has 13 heteroatoms. The fourth-order valence-corrected chi connectivity index (χ4v) is 7.35. The van der Waals surface area contributed by atoms with E-state index < -0.39 is 28.3 Å². The van der Waals surface area contributed by atoms with Gasteiger partial charge in [0.2, 0.25) is 10.0 Å². The molecule has 9 nitrogen and oxygen atoms in total. The zero-order valence-corrected chi connectivity index (χ0v) is 25.7. The summed E-state index contributed by atoms with van der Waals surface area (Å²) < 4.78 is 56.7. The Labute approximate surface area is 253 Å². The Morgan fingerprint density at radius 2 is 1.81 bits per heavy atom. The van der Waals surface area contributed by atoms with Gasteiger partial charge in [0.25, 0.3) is 0 Å². The van der Waals surface area contributed by atoms with Crippen molar-refractivity contribution in [2.75, 3.05) is 54.9 Å². The number of halogens is 2. The van der Waals surface area contributed by atoms with E-state index in [-0.39, 0.29) is 46.4 Å². The second-order valence-corrected chi connectivity index (χ2v) is 13.5. The molecule has 226 valence electrons. The number of aliphatic hydroxyl groups is 1. The number of piperazine rings is 1. The highest BCUT2D eigenvalue weighted by Crippen LogP contribution is 2.41. The fraction of sp³-hybridized carbons (Fsp3) is 0.367. The molecule has 1 N–H and O–H groups in total. The summed E-state index contributed by atoms with van der Waals surface area (Å²) in [6.45, 7) is 6.98. The first-order valence-corrected chi connectivity index (χ1v) is 16.4. The molecule has 0 spiro atoms. The maximum Gasteiger partial charge on any atom is 0.216 e. The molecule has 1 aliphatic heterocycles. The molecular formula is C30H32F2N6O3S2. The number of fused-ring (bicyclic) bond motifs is 1. The van der Waals surface area contributed by atoms with Gasteiger partial charge in [0.15, 0.2) is 10.9 Å². The summed E-state index contributed by atoms with van der Waals surface area (Å²) in [7, 11) is -3.56. The zero-order chi connectivity index (χ0) is 30.9. The van der Waals surface area contributed by atoms with Crippen LogP contribution in [0.5, 0.6) is 0 Å². The van der Waals surface area contributed by atoms with Crippen LogP contribution in [0.3, 0.4) is 0 Å². The highest BCUT2D eigenvalue weighted by atomic mass is 32.2. The molecule has 0 saturated carbocycles. The van der Waals surface area contributed by atoms with E-state index in [1.807, 2.05) is 42.7 Å². The zero-order valence-electron chi connectivity index (χ0n) is 24.1. The van der Waals surface area contributed by atoms with Crippen LogP contribution in [0.4, 0.5) is 25.3 Å². The molecule has 0 atom stereocenters. The fourth-order valence-electron chi connectivity index (χ4n) is 5.19. The first kappa shape index (κ1) is 30.7. The minimum absolute atomic E-state index is 0.00480. The van der Waals surface area contributed by atoms with Crippen molar-refractivity contribution in [3.8, 4) is 17.3 Å². The number of thiazole rings is 1. The summed E-state index contributed by atoms with van der Waals surface area (Å²) in [5, 5.41) is 20.0. The molecule has 0 radical (unpaired) electrons. The largest absolute Gasteiger partial charge is 0.395 e. The van der Waals surface area contributed by atoms with E-state index in [4.69, 9.17) is 10.1 Å². The highest BCUT2D eigenvalue weighted by Gasteiger charge is 2.28. The van der Waals surface area contributed by atoms with Gasteiger partial charge in [-0.05, 0) is 43.2 Å². The van der Waals surface area contributed by atoms with Gasteiger partial charge in [-0.1, -0.05) is 37.3 Å². The van der Waals surface area contributed by atoms with Gasteiger partial charge in [-0.25, -0.2) is 27.2 Å². The molecular weight excluding hydrogens is 594 g/mol. The number of sulfonamides is 1. The molecule has 0 amide bonds. The van der Waals surface area contributed by atoms with E-state index >= 15 is 4.39 Å². The van der Waals surface area contributed by atoms with Gasteiger partial charge in [0, 0.05) is 55.1 Å². The average molecular weight is 627 g/mol. The summed E-state index contributed by atoms with van der Waals surface area (Å²) in [6, 6.07) is 13.5. The number of aliphatic hydroxyl groups excluding tert-OH is 1. The van der Waals surface area contributed by atoms with Crippen LogP contribution in [0.2, 0.25) is 0 Å². The first-order chi connectivity index (χ1) is 20.6. The van der Waals surface area contributed by atoms with E-state index in [1.54, 1.807) is 18.2 Å². The Bertz CT molecular complexity index is 1800. The summed E-state index contributed by atoms with van der Waals surface area (Å²) in [5.74, 6) is -1.33. The molecule has 2 aromatic carbocycles. The van der Waals surface area contributed by atoms with Gasteiger partial charge in [0.05, 0.1) is 18.0 Å². The highest BCUT2D eigenvalue weighted by molar-refractivity contribution is 7.89. The van der Waals surface area contributed by atoms with Crippen molar-refractivity contribution in [2.45, 2.75) is 26.7 Å². The second kappa shape index (κ2) is 12.5. The number of hydrogen-bond acceptors (Lipinski definition) is 9. The summed E-state index contributed by atoms with van der Waals surface area (Å²) >= 11 is 1.14. The van der Waals surface area contributed by atoms with Crippen molar-refractivity contribution < 1.29 is 22.3 Å². The van der Waals surface area contributed by atoms with Crippen molar-refractivity contribution in [3.63, 3.8) is 0 Å². The number of nitrogens with zero attached hydrogens (tertiary/aromatic N) is 6. The van der Waals surface area contributed by atoms with Crippen LogP contribution >= 0.6 is 11.3 Å². The Morgan fingerprint density at radius 1 is 1.09 bits per heavy atom. The molecule has 0 bridgehead atoms. The average Bonchev–Trinajstić information content (AvgIpc) is 3.41. The Hall–Kier alpha value is -3.70. The van der Waals surface area contributed by atoms with Crippen LogP contribution in [0, 0.1) is 23.0 Å². The molecule has 0 unspecified atom stereocenters. The second-order valence-electron chi connectivity index (χ2n) is 10.5. The van der Waals surface area contributed by atoms with Crippen molar-refractivity contribution in [1.82, 2.24) is 14.3 Å². The molecule has 3 heterocycles. The molecule has 1 aliphatic rings. The maximum absolute atomic E-state index is 15.8. The van der Waals surface area contributed by atoms with Crippen molar-refractivity contribution >= 4 is 48.8 Å². The maximum atomic E-state index is 15.8. The standard InChI is InChI=1S/C30H32F2N6O3S2/c1-4-38(30-35-29(27(18-33)42-30)21-7-5-6-8-23(21)31)26-17-25(19(2)3)34-28-22(26)15-20(16-24(28)32)36-9-11-37(12-10-36)43(40,41)14-13-39/h5-8,15-17,19,39H,4,9-14H2,1-3H3. The molecule has 1 saturated heterocycles. The molecule has 5 rings (SSSR count). The number of rotatable bonds is 9. The lowest BCUT2D eigenvalue weighted by Gasteiger charge is -2.35. The number of benzene rings is 2. The number of anilines is 3. The number of hydrogen-bond donors (Lipinski definition) is 1. The third kappa shape index (κ3) is 6.05. The Kier molecular flexibility index (Phi) is 8.94. The SMILES string of the molecule is CCN(c1nc(-c2ccccc2F)c(C#N)s1)c1cc(C(C)C)nc2c(F)cc(N3CCN(S(=O)(=O)CCO)CC3)cc12. The first-order valence-electron chi connectivity index (χ1n) is 14.0. The van der Waals surface area contributed by atoms with Crippen LogP contribution in [-0.4, -0.2) is 72.9 Å². The lowest BCUT2D eigenvalue weighted by atomic mass is 10.0. The third-order valence-electron chi connectivity index (χ3n) is 7.47. The summed E-state index contributed by atoms with van der Waals surface area (Å²) in [4.78, 5) is 13.4. The monoisotopic (exact) mass is 626 g/mol. The lowest BCUT2D eigenvalue weighted by molar-refractivity contribution is 0.312. The van der Waals surface area contributed by atoms with Crippen molar-refractivity contribution in [3.05, 3.63) is 64.7 Å². The van der Waals surface area contributed by atoms with Crippen LogP contribution < -0.4 is 9.80 Å². The van der Waals surface area contributed by atoms with Gasteiger partial charge in [-0.15, -0.1) is 0 Å². The minimum Gasteiger partial charge on any atom is -0.395 e. The van der Waals surface area contributed by atoms with Gasteiger partial charge in [0.1, 0.15) is 28.0 Å². The number of aromatic nitrogens is 2. The smallest absolute Gasteiger partial charge is 0.216 e. The van der Waals surface area contributed by atoms with E-state index in [1.165, 1.54) is 16.4 Å².